The molecule has 1 unspecified atom stereocenters. The summed E-state index contributed by atoms with van der Waals surface area (Å²) in [7, 11) is 0. The van der Waals surface area contributed by atoms with E-state index in [0.29, 0.717) is 17.0 Å². The summed E-state index contributed by atoms with van der Waals surface area (Å²) in [5.41, 5.74) is 2.13. The van der Waals surface area contributed by atoms with Crippen molar-refractivity contribution in [3.8, 4) is 0 Å². The van der Waals surface area contributed by atoms with Crippen molar-refractivity contribution in [1.82, 2.24) is 4.90 Å². The number of fused-ring (bicyclic) bond motifs is 1. The van der Waals surface area contributed by atoms with Gasteiger partial charge in [0, 0.05) is 16.4 Å². The first-order valence-electron chi connectivity index (χ1n) is 9.96. The number of halogens is 1. The van der Waals surface area contributed by atoms with Crippen molar-refractivity contribution in [2.75, 3.05) is 18.4 Å². The molecule has 3 aromatic rings. The minimum atomic E-state index is -0.907. The molecule has 156 valence electrons. The fourth-order valence-electron chi connectivity index (χ4n) is 4.15. The van der Waals surface area contributed by atoms with Gasteiger partial charge in [-0.15, -0.1) is 11.3 Å². The average molecular weight is 427 g/mol. The molecule has 1 fully saturated rings. The number of hydrogen-bond donors (Lipinski definition) is 2. The number of hydrogen-bond acceptors (Lipinski definition) is 4. The van der Waals surface area contributed by atoms with Crippen molar-refractivity contribution in [2.24, 2.45) is 0 Å². The molecule has 1 aromatic heterocycles. The van der Waals surface area contributed by atoms with E-state index in [4.69, 9.17) is 0 Å². The zero-order valence-corrected chi connectivity index (χ0v) is 17.5. The average Bonchev–Trinajstić information content (AvgIpc) is 3.30. The van der Waals surface area contributed by atoms with Crippen LogP contribution in [0.1, 0.15) is 33.6 Å². The summed E-state index contributed by atoms with van der Waals surface area (Å²) in [6, 6.07) is 12.2. The lowest BCUT2D eigenvalue weighted by Gasteiger charge is -2.24. The number of benzene rings is 2. The van der Waals surface area contributed by atoms with E-state index in [1.54, 1.807) is 6.07 Å². The maximum absolute atomic E-state index is 13.5. The van der Waals surface area contributed by atoms with Crippen LogP contribution in [-0.4, -0.2) is 41.0 Å². The van der Waals surface area contributed by atoms with Crippen molar-refractivity contribution in [1.29, 1.82) is 0 Å². The Hall–Kier alpha value is -2.77. The third-order valence-electron chi connectivity index (χ3n) is 5.65. The number of rotatable bonds is 6. The van der Waals surface area contributed by atoms with Gasteiger partial charge in [0.05, 0.1) is 6.54 Å². The molecular weight excluding hydrogens is 403 g/mol. The third-order valence-corrected chi connectivity index (χ3v) is 6.85. The summed E-state index contributed by atoms with van der Waals surface area (Å²) in [6.45, 7) is 2.80. The highest BCUT2D eigenvalue weighted by Gasteiger charge is 2.29. The van der Waals surface area contributed by atoms with Crippen LogP contribution in [0.3, 0.4) is 0 Å². The number of carbonyl (C=O) groups excluding carboxylic acids is 1. The molecule has 5 nitrogen and oxygen atoms in total. The fraction of sp³-hybridized carbons (Fsp3) is 0.304. The number of carbonyl (C=O) groups is 2. The number of aromatic carboxylic acids is 1. The number of carboxylic acid groups (broad SMARTS) is 1. The second-order valence-corrected chi connectivity index (χ2v) is 8.74. The molecule has 1 atom stereocenters. The molecule has 0 spiro atoms. The minimum Gasteiger partial charge on any atom is -0.477 e. The number of anilines is 1. The van der Waals surface area contributed by atoms with E-state index >= 15 is 0 Å². The van der Waals surface area contributed by atoms with Gasteiger partial charge in [0.1, 0.15) is 10.7 Å². The van der Waals surface area contributed by atoms with E-state index in [-0.39, 0.29) is 24.3 Å². The van der Waals surface area contributed by atoms with Gasteiger partial charge in [0.15, 0.2) is 0 Å². The van der Waals surface area contributed by atoms with Crippen LogP contribution in [0.25, 0.3) is 10.1 Å². The Balaban J connectivity index is 1.50. The maximum Gasteiger partial charge on any atom is 0.346 e. The number of nitrogens with zero attached hydrogens (tertiary/aromatic N) is 1. The van der Waals surface area contributed by atoms with Crippen LogP contribution in [-0.2, 0) is 11.2 Å². The molecule has 0 aliphatic carbocycles. The highest BCUT2D eigenvalue weighted by molar-refractivity contribution is 7.21. The second-order valence-electron chi connectivity index (χ2n) is 7.69. The molecule has 1 aliphatic rings. The van der Waals surface area contributed by atoms with Gasteiger partial charge in [-0.2, -0.15) is 0 Å². The number of nitrogens with one attached hydrogen (secondary N) is 1. The standard InChI is InChI=1S/C23H23FN2O3S/c1-14-8-9-15(24)11-19(14)25-21(27)13-26-10-4-5-16(26)12-18-17-6-2-3-7-20(17)30-22(18)23(28)29/h2-3,6-9,11,16H,4-5,10,12-13H2,1H3,(H,25,27)(H,28,29). The van der Waals surface area contributed by atoms with Gasteiger partial charge in [-0.05, 0) is 67.4 Å². The van der Waals surface area contributed by atoms with Gasteiger partial charge in [0.2, 0.25) is 5.91 Å². The number of amides is 1. The van der Waals surface area contributed by atoms with E-state index in [1.807, 2.05) is 31.2 Å². The molecule has 1 saturated heterocycles. The summed E-state index contributed by atoms with van der Waals surface area (Å²) in [5.74, 6) is -1.49. The Kier molecular flexibility index (Phi) is 5.83. The Labute approximate surface area is 178 Å². The van der Waals surface area contributed by atoms with Crippen molar-refractivity contribution in [3.63, 3.8) is 0 Å². The Morgan fingerprint density at radius 2 is 2.07 bits per heavy atom. The first kappa shape index (κ1) is 20.5. The predicted molar refractivity (Wildman–Crippen MR) is 117 cm³/mol. The van der Waals surface area contributed by atoms with Crippen LogP contribution in [0.15, 0.2) is 42.5 Å². The Morgan fingerprint density at radius 3 is 2.87 bits per heavy atom. The molecule has 4 rings (SSSR count). The molecule has 1 amide bonds. The minimum absolute atomic E-state index is 0.0977. The van der Waals surface area contributed by atoms with Crippen LogP contribution in [0.2, 0.25) is 0 Å². The van der Waals surface area contributed by atoms with Gasteiger partial charge < -0.3 is 10.4 Å². The Bertz CT molecular complexity index is 1110. The molecule has 0 bridgehead atoms. The largest absolute Gasteiger partial charge is 0.477 e. The van der Waals surface area contributed by atoms with Crippen molar-refractivity contribution < 1.29 is 19.1 Å². The zero-order valence-electron chi connectivity index (χ0n) is 16.7. The number of carboxylic acids is 1. The Morgan fingerprint density at radius 1 is 1.27 bits per heavy atom. The lowest BCUT2D eigenvalue weighted by atomic mass is 10.0. The van der Waals surface area contributed by atoms with Crippen LogP contribution in [0.4, 0.5) is 10.1 Å². The highest BCUT2D eigenvalue weighted by atomic mass is 32.1. The van der Waals surface area contributed by atoms with Crippen LogP contribution in [0, 0.1) is 12.7 Å². The maximum atomic E-state index is 13.5. The summed E-state index contributed by atoms with van der Waals surface area (Å²) in [4.78, 5) is 26.9. The number of likely N-dealkylation sites (tertiary alicyclic amines) is 1. The molecule has 2 N–H and O–H groups in total. The van der Waals surface area contributed by atoms with Gasteiger partial charge >= 0.3 is 5.97 Å². The molecule has 2 aromatic carbocycles. The van der Waals surface area contributed by atoms with Crippen LogP contribution in [0.5, 0.6) is 0 Å². The lowest BCUT2D eigenvalue weighted by Crippen LogP contribution is -2.38. The topological polar surface area (TPSA) is 69.6 Å². The molecule has 7 heteroatoms. The monoisotopic (exact) mass is 426 g/mol. The fourth-order valence-corrected chi connectivity index (χ4v) is 5.22. The van der Waals surface area contributed by atoms with E-state index in [1.165, 1.54) is 23.5 Å². The molecular formula is C23H23FN2O3S. The van der Waals surface area contributed by atoms with Gasteiger partial charge in [-0.1, -0.05) is 24.3 Å². The van der Waals surface area contributed by atoms with Crippen molar-refractivity contribution in [3.05, 3.63) is 64.3 Å². The number of thiophene rings is 1. The third kappa shape index (κ3) is 4.22. The van der Waals surface area contributed by atoms with E-state index < -0.39 is 5.97 Å². The summed E-state index contributed by atoms with van der Waals surface area (Å²) < 4.78 is 14.5. The summed E-state index contributed by atoms with van der Waals surface area (Å²) in [5, 5.41) is 13.4. The van der Waals surface area contributed by atoms with Crippen LogP contribution < -0.4 is 5.32 Å². The summed E-state index contributed by atoms with van der Waals surface area (Å²) >= 11 is 1.30. The molecule has 0 radical (unpaired) electrons. The molecule has 0 saturated carbocycles. The van der Waals surface area contributed by atoms with Gasteiger partial charge in [-0.3, -0.25) is 9.69 Å². The van der Waals surface area contributed by atoms with E-state index in [2.05, 4.69) is 10.2 Å². The first-order valence-corrected chi connectivity index (χ1v) is 10.8. The van der Waals surface area contributed by atoms with E-state index in [0.717, 1.165) is 40.6 Å². The summed E-state index contributed by atoms with van der Waals surface area (Å²) in [6.07, 6.45) is 2.47. The van der Waals surface area contributed by atoms with Crippen molar-refractivity contribution >= 4 is 39.0 Å². The highest BCUT2D eigenvalue weighted by Crippen LogP contribution is 2.34. The van der Waals surface area contributed by atoms with Gasteiger partial charge in [-0.25, -0.2) is 9.18 Å². The molecule has 1 aliphatic heterocycles. The predicted octanol–water partition coefficient (Wildman–Crippen LogP) is 4.69. The van der Waals surface area contributed by atoms with Gasteiger partial charge in [0.25, 0.3) is 0 Å². The molecule has 30 heavy (non-hydrogen) atoms. The lowest BCUT2D eigenvalue weighted by molar-refractivity contribution is -0.117. The first-order chi connectivity index (χ1) is 14.4. The normalized spacial score (nSPS) is 16.8. The van der Waals surface area contributed by atoms with Crippen LogP contribution >= 0.6 is 11.3 Å². The second kappa shape index (κ2) is 8.53. The molecule has 2 heterocycles. The van der Waals surface area contributed by atoms with Crippen molar-refractivity contribution in [2.45, 2.75) is 32.2 Å². The SMILES string of the molecule is Cc1ccc(F)cc1NC(=O)CN1CCCC1Cc1c(C(=O)O)sc2ccccc12. The smallest absolute Gasteiger partial charge is 0.346 e. The zero-order chi connectivity index (χ0) is 21.3. The number of aryl methyl sites for hydroxylation is 1. The quantitative estimate of drug-likeness (QED) is 0.600. The van der Waals surface area contributed by atoms with E-state index in [9.17, 15) is 19.1 Å².